The van der Waals surface area contributed by atoms with Crippen LogP contribution in [0, 0.1) is 6.92 Å². The van der Waals surface area contributed by atoms with Crippen molar-refractivity contribution in [2.45, 2.75) is 26.9 Å². The number of thiazole rings is 1. The number of nitrogens with zero attached hydrogens (tertiary/aromatic N) is 1. The van der Waals surface area contributed by atoms with E-state index in [-0.39, 0.29) is 12.0 Å². The highest BCUT2D eigenvalue weighted by Crippen LogP contribution is 2.30. The van der Waals surface area contributed by atoms with Crippen molar-refractivity contribution in [2.75, 3.05) is 5.32 Å². The molecule has 2 heterocycles. The molecule has 1 N–H and O–H groups in total. The lowest BCUT2D eigenvalue weighted by atomic mass is 10.1. The average molecular weight is 316 g/mol. The normalized spacial score (nSPS) is 11.1. The number of carbonyl (C=O) groups excluding carboxylic acids is 1. The van der Waals surface area contributed by atoms with Gasteiger partial charge in [-0.25, -0.2) is 4.98 Å². The molecule has 0 atom stereocenters. The van der Waals surface area contributed by atoms with Gasteiger partial charge in [-0.1, -0.05) is 0 Å². The minimum atomic E-state index is -0.235. The van der Waals surface area contributed by atoms with Gasteiger partial charge < -0.3 is 9.15 Å². The lowest BCUT2D eigenvalue weighted by Gasteiger charge is -2.12. The summed E-state index contributed by atoms with van der Waals surface area (Å²) in [4.78, 5) is 17.6. The van der Waals surface area contributed by atoms with Crippen LogP contribution in [0.25, 0.3) is 11.0 Å². The lowest BCUT2D eigenvalue weighted by molar-refractivity contribution is 0.102. The van der Waals surface area contributed by atoms with Gasteiger partial charge in [0.05, 0.1) is 17.8 Å². The van der Waals surface area contributed by atoms with Crippen molar-refractivity contribution in [3.05, 3.63) is 41.1 Å². The van der Waals surface area contributed by atoms with Crippen molar-refractivity contribution in [1.29, 1.82) is 0 Å². The van der Waals surface area contributed by atoms with Gasteiger partial charge in [-0.3, -0.25) is 10.1 Å². The third-order valence-electron chi connectivity index (χ3n) is 3.00. The minimum absolute atomic E-state index is 0.0121. The fraction of sp³-hybridized carbons (Fsp3) is 0.250. The Hall–Kier alpha value is -2.34. The fourth-order valence-corrected chi connectivity index (χ4v) is 2.76. The Balaban J connectivity index is 1.94. The van der Waals surface area contributed by atoms with Crippen molar-refractivity contribution >= 4 is 33.3 Å². The van der Waals surface area contributed by atoms with Gasteiger partial charge in [0.15, 0.2) is 5.13 Å². The van der Waals surface area contributed by atoms with Crippen LogP contribution in [0.15, 0.2) is 35.1 Å². The highest BCUT2D eigenvalue weighted by Gasteiger charge is 2.15. The molecule has 6 heteroatoms. The molecular weight excluding hydrogens is 300 g/mol. The molecule has 3 aromatic rings. The second-order valence-corrected chi connectivity index (χ2v) is 6.44. The maximum absolute atomic E-state index is 12.4. The largest absolute Gasteiger partial charge is 0.490 e. The summed E-state index contributed by atoms with van der Waals surface area (Å²) < 4.78 is 11.2. The van der Waals surface area contributed by atoms with Crippen LogP contribution in [-0.4, -0.2) is 17.0 Å². The molecule has 0 aliphatic rings. The highest BCUT2D eigenvalue weighted by atomic mass is 32.1. The summed E-state index contributed by atoms with van der Waals surface area (Å²) in [6.45, 7) is 5.82. The molecule has 0 radical (unpaired) electrons. The van der Waals surface area contributed by atoms with Gasteiger partial charge in [-0.15, -0.1) is 11.3 Å². The molecule has 5 nitrogen and oxygen atoms in total. The van der Waals surface area contributed by atoms with Crippen LogP contribution in [0.5, 0.6) is 5.75 Å². The van der Waals surface area contributed by atoms with Crippen LogP contribution in [-0.2, 0) is 0 Å². The molecular formula is C16H16N2O3S. The van der Waals surface area contributed by atoms with Gasteiger partial charge >= 0.3 is 0 Å². The van der Waals surface area contributed by atoms with Crippen LogP contribution in [0.2, 0.25) is 0 Å². The second-order valence-electron chi connectivity index (χ2n) is 5.20. The standard InChI is InChI=1S/C16H16N2O3S/c1-9(2)21-14-7-11(6-13-12(14)4-5-20-13)15(19)18-16-17-8-10(3)22-16/h4-9H,1-3H3,(H,17,18,19). The van der Waals surface area contributed by atoms with E-state index in [1.54, 1.807) is 24.6 Å². The van der Waals surface area contributed by atoms with Crippen molar-refractivity contribution in [2.24, 2.45) is 0 Å². The Morgan fingerprint density at radius 3 is 2.91 bits per heavy atom. The Morgan fingerprint density at radius 1 is 1.41 bits per heavy atom. The molecule has 0 spiro atoms. The Kier molecular flexibility index (Phi) is 3.85. The maximum Gasteiger partial charge on any atom is 0.257 e. The molecule has 0 fully saturated rings. The van der Waals surface area contributed by atoms with E-state index in [1.165, 1.54) is 11.3 Å². The predicted molar refractivity (Wildman–Crippen MR) is 86.8 cm³/mol. The lowest BCUT2D eigenvalue weighted by Crippen LogP contribution is -2.12. The number of aromatic nitrogens is 1. The number of benzene rings is 1. The summed E-state index contributed by atoms with van der Waals surface area (Å²) in [7, 11) is 0. The van der Waals surface area contributed by atoms with Crippen LogP contribution in [0.4, 0.5) is 5.13 Å². The molecule has 3 rings (SSSR count). The monoisotopic (exact) mass is 316 g/mol. The molecule has 0 saturated carbocycles. The number of nitrogens with one attached hydrogen (secondary N) is 1. The van der Waals surface area contributed by atoms with Crippen LogP contribution in [0.1, 0.15) is 29.1 Å². The van der Waals surface area contributed by atoms with Crippen molar-refractivity contribution < 1.29 is 13.9 Å². The zero-order valence-corrected chi connectivity index (χ0v) is 13.4. The molecule has 0 unspecified atom stereocenters. The zero-order valence-electron chi connectivity index (χ0n) is 12.5. The third-order valence-corrected chi connectivity index (χ3v) is 3.83. The highest BCUT2D eigenvalue weighted by molar-refractivity contribution is 7.15. The number of rotatable bonds is 4. The molecule has 1 amide bonds. The molecule has 0 saturated heterocycles. The number of furan rings is 1. The number of fused-ring (bicyclic) bond motifs is 1. The number of hydrogen-bond acceptors (Lipinski definition) is 5. The predicted octanol–water partition coefficient (Wildman–Crippen LogP) is 4.24. The van der Waals surface area contributed by atoms with Gasteiger partial charge in [0.25, 0.3) is 5.91 Å². The van der Waals surface area contributed by atoms with E-state index in [2.05, 4.69) is 10.3 Å². The van der Waals surface area contributed by atoms with Gasteiger partial charge in [0.2, 0.25) is 0 Å². The molecule has 0 aliphatic heterocycles. The van der Waals surface area contributed by atoms with Crippen molar-refractivity contribution in [3.63, 3.8) is 0 Å². The molecule has 2 aromatic heterocycles. The summed E-state index contributed by atoms with van der Waals surface area (Å²) in [5, 5.41) is 4.22. The number of anilines is 1. The molecule has 22 heavy (non-hydrogen) atoms. The topological polar surface area (TPSA) is 64.4 Å². The quantitative estimate of drug-likeness (QED) is 0.782. The number of hydrogen-bond donors (Lipinski definition) is 1. The molecule has 0 aliphatic carbocycles. The zero-order chi connectivity index (χ0) is 15.7. The first kappa shape index (κ1) is 14.6. The smallest absolute Gasteiger partial charge is 0.257 e. The SMILES string of the molecule is Cc1cnc(NC(=O)c2cc(OC(C)C)c3ccoc3c2)s1. The van der Waals surface area contributed by atoms with E-state index in [0.717, 1.165) is 10.3 Å². The molecule has 1 aromatic carbocycles. The second kappa shape index (κ2) is 5.81. The van der Waals surface area contributed by atoms with Crippen LogP contribution >= 0.6 is 11.3 Å². The van der Waals surface area contributed by atoms with E-state index in [9.17, 15) is 4.79 Å². The van der Waals surface area contributed by atoms with Crippen LogP contribution < -0.4 is 10.1 Å². The average Bonchev–Trinajstić information content (AvgIpc) is 3.06. The summed E-state index contributed by atoms with van der Waals surface area (Å²) in [6.07, 6.45) is 3.32. The third kappa shape index (κ3) is 2.96. The molecule has 114 valence electrons. The first-order valence-electron chi connectivity index (χ1n) is 6.94. The maximum atomic E-state index is 12.4. The number of amides is 1. The first-order valence-corrected chi connectivity index (χ1v) is 7.76. The summed E-state index contributed by atoms with van der Waals surface area (Å²) in [5.74, 6) is 0.406. The Bertz CT molecular complexity index is 820. The van der Waals surface area contributed by atoms with E-state index in [0.29, 0.717) is 22.0 Å². The van der Waals surface area contributed by atoms with Crippen LogP contribution in [0.3, 0.4) is 0 Å². The fourth-order valence-electron chi connectivity index (χ4n) is 2.10. The summed E-state index contributed by atoms with van der Waals surface area (Å²) in [5.41, 5.74) is 1.10. The van der Waals surface area contributed by atoms with Crippen molar-refractivity contribution in [1.82, 2.24) is 4.98 Å². The molecule has 0 bridgehead atoms. The summed E-state index contributed by atoms with van der Waals surface area (Å²) in [6, 6.07) is 5.27. The van der Waals surface area contributed by atoms with E-state index in [4.69, 9.17) is 9.15 Å². The van der Waals surface area contributed by atoms with E-state index in [1.807, 2.05) is 26.8 Å². The van der Waals surface area contributed by atoms with Gasteiger partial charge in [-0.2, -0.15) is 0 Å². The van der Waals surface area contributed by atoms with Crippen molar-refractivity contribution in [3.8, 4) is 5.75 Å². The van der Waals surface area contributed by atoms with E-state index >= 15 is 0 Å². The van der Waals surface area contributed by atoms with Gasteiger partial charge in [0.1, 0.15) is 11.3 Å². The van der Waals surface area contributed by atoms with Gasteiger partial charge in [-0.05, 0) is 39.0 Å². The minimum Gasteiger partial charge on any atom is -0.490 e. The number of carbonyl (C=O) groups is 1. The number of aryl methyl sites for hydroxylation is 1. The Labute approximate surface area is 131 Å². The summed E-state index contributed by atoms with van der Waals surface area (Å²) >= 11 is 1.43. The van der Waals surface area contributed by atoms with E-state index < -0.39 is 0 Å². The first-order chi connectivity index (χ1) is 10.5. The van der Waals surface area contributed by atoms with Gasteiger partial charge in [0, 0.05) is 16.6 Å². The Morgan fingerprint density at radius 2 is 2.23 bits per heavy atom. The number of ether oxygens (including phenoxy) is 1.